The molecule has 3 atom stereocenters. The topological polar surface area (TPSA) is 55.5 Å². The number of aliphatic hydroxyl groups is 1. The number of benzene rings is 1. The van der Waals surface area contributed by atoms with Gasteiger partial charge < -0.3 is 15.6 Å². The van der Waals surface area contributed by atoms with E-state index < -0.39 is 6.10 Å². The van der Waals surface area contributed by atoms with Crippen molar-refractivity contribution in [1.82, 2.24) is 0 Å². The molecule has 18 heavy (non-hydrogen) atoms. The van der Waals surface area contributed by atoms with Gasteiger partial charge in [0.1, 0.15) is 5.75 Å². The average Bonchev–Trinajstić information content (AvgIpc) is 2.35. The van der Waals surface area contributed by atoms with E-state index >= 15 is 0 Å². The van der Waals surface area contributed by atoms with Crippen molar-refractivity contribution in [3.8, 4) is 5.75 Å². The fourth-order valence-electron chi connectivity index (χ4n) is 1.90. The molecule has 4 heteroatoms. The third-order valence-electron chi connectivity index (χ3n) is 3.40. The summed E-state index contributed by atoms with van der Waals surface area (Å²) >= 11 is 0. The average molecular weight is 274 g/mol. The quantitative estimate of drug-likeness (QED) is 0.867. The minimum Gasteiger partial charge on any atom is -0.496 e. The third-order valence-corrected chi connectivity index (χ3v) is 3.40. The van der Waals surface area contributed by atoms with E-state index in [-0.39, 0.29) is 24.4 Å². The molecule has 1 unspecified atom stereocenters. The van der Waals surface area contributed by atoms with E-state index in [1.54, 1.807) is 7.11 Å². The van der Waals surface area contributed by atoms with Crippen LogP contribution in [0.1, 0.15) is 37.4 Å². The maximum atomic E-state index is 10.1. The maximum absolute atomic E-state index is 10.1. The smallest absolute Gasteiger partial charge is 0.121 e. The molecule has 0 amide bonds. The van der Waals surface area contributed by atoms with Gasteiger partial charge in [0.15, 0.2) is 0 Å². The molecule has 0 radical (unpaired) electrons. The predicted octanol–water partition coefficient (Wildman–Crippen LogP) is 2.83. The van der Waals surface area contributed by atoms with Crippen LogP contribution >= 0.6 is 12.4 Å². The highest BCUT2D eigenvalue weighted by Gasteiger charge is 2.22. The minimum atomic E-state index is -0.507. The second-order valence-electron chi connectivity index (χ2n) is 4.63. The van der Waals surface area contributed by atoms with Crippen LogP contribution in [0.25, 0.3) is 0 Å². The van der Waals surface area contributed by atoms with Gasteiger partial charge >= 0.3 is 0 Å². The van der Waals surface area contributed by atoms with Crippen molar-refractivity contribution < 1.29 is 9.84 Å². The van der Waals surface area contributed by atoms with Crippen molar-refractivity contribution >= 4 is 12.4 Å². The van der Waals surface area contributed by atoms with Crippen LogP contribution in [0.2, 0.25) is 0 Å². The number of methoxy groups -OCH3 is 1. The molecule has 0 heterocycles. The second kappa shape index (κ2) is 7.62. The van der Waals surface area contributed by atoms with Crippen molar-refractivity contribution in [3.05, 3.63) is 29.3 Å². The summed E-state index contributed by atoms with van der Waals surface area (Å²) in [5.74, 6) is 1.05. The van der Waals surface area contributed by atoms with Crippen molar-refractivity contribution in [2.24, 2.45) is 11.7 Å². The summed E-state index contributed by atoms with van der Waals surface area (Å²) in [6.45, 7) is 6.05. The van der Waals surface area contributed by atoms with Crippen molar-refractivity contribution in [2.75, 3.05) is 7.11 Å². The highest BCUT2D eigenvalue weighted by Crippen LogP contribution is 2.26. The standard InChI is InChI=1S/C14H23NO2.ClH/c1-5-9(2)14(16)13(15)11-6-7-12(17-4)10(3)8-11;/h6-9,13-14,16H,5,15H2,1-4H3;1H/t9?,13-,14+;/m0./s1. The molecule has 1 aromatic carbocycles. The summed E-state index contributed by atoms with van der Waals surface area (Å²) in [7, 11) is 1.65. The van der Waals surface area contributed by atoms with E-state index in [0.29, 0.717) is 0 Å². The molecule has 0 spiro atoms. The summed E-state index contributed by atoms with van der Waals surface area (Å²) in [5, 5.41) is 10.1. The minimum absolute atomic E-state index is 0. The van der Waals surface area contributed by atoms with Crippen molar-refractivity contribution in [2.45, 2.75) is 39.3 Å². The molecule has 0 aliphatic carbocycles. The fraction of sp³-hybridized carbons (Fsp3) is 0.571. The molecule has 104 valence electrons. The fourth-order valence-corrected chi connectivity index (χ4v) is 1.90. The molecule has 0 aliphatic rings. The van der Waals surface area contributed by atoms with E-state index in [1.165, 1.54) is 0 Å². The Morgan fingerprint density at radius 3 is 2.44 bits per heavy atom. The van der Waals surface area contributed by atoms with Crippen LogP contribution in [-0.2, 0) is 0 Å². The van der Waals surface area contributed by atoms with Crippen LogP contribution in [0.15, 0.2) is 18.2 Å². The summed E-state index contributed by atoms with van der Waals surface area (Å²) in [6.07, 6.45) is 0.414. The van der Waals surface area contributed by atoms with E-state index in [1.807, 2.05) is 32.0 Å². The van der Waals surface area contributed by atoms with Gasteiger partial charge in [0, 0.05) is 0 Å². The van der Waals surface area contributed by atoms with Crippen LogP contribution in [0, 0.1) is 12.8 Å². The first-order chi connectivity index (χ1) is 8.01. The Labute approximate surface area is 116 Å². The lowest BCUT2D eigenvalue weighted by Crippen LogP contribution is -2.31. The lowest BCUT2D eigenvalue weighted by molar-refractivity contribution is 0.0879. The van der Waals surface area contributed by atoms with E-state index in [4.69, 9.17) is 10.5 Å². The molecule has 0 fully saturated rings. The van der Waals surface area contributed by atoms with Gasteiger partial charge in [-0.2, -0.15) is 0 Å². The second-order valence-corrected chi connectivity index (χ2v) is 4.63. The molecule has 0 saturated heterocycles. The monoisotopic (exact) mass is 273 g/mol. The van der Waals surface area contributed by atoms with Crippen LogP contribution < -0.4 is 10.5 Å². The Morgan fingerprint density at radius 2 is 2.00 bits per heavy atom. The van der Waals surface area contributed by atoms with Gasteiger partial charge in [0.25, 0.3) is 0 Å². The summed E-state index contributed by atoms with van der Waals surface area (Å²) in [5.41, 5.74) is 8.08. The van der Waals surface area contributed by atoms with E-state index in [2.05, 4.69) is 6.92 Å². The SMILES string of the molecule is CCC(C)[C@@H](O)[C@@H](N)c1ccc(OC)c(C)c1.Cl. The van der Waals surface area contributed by atoms with E-state index in [9.17, 15) is 5.11 Å². The Morgan fingerprint density at radius 1 is 1.39 bits per heavy atom. The highest BCUT2D eigenvalue weighted by molar-refractivity contribution is 5.85. The predicted molar refractivity (Wildman–Crippen MR) is 77.4 cm³/mol. The summed E-state index contributed by atoms with van der Waals surface area (Å²) < 4.78 is 5.21. The number of aryl methyl sites for hydroxylation is 1. The zero-order valence-corrected chi connectivity index (χ0v) is 12.3. The normalized spacial score (nSPS) is 15.4. The molecule has 0 aliphatic heterocycles. The first kappa shape index (κ1) is 17.2. The third kappa shape index (κ3) is 3.87. The maximum Gasteiger partial charge on any atom is 0.121 e. The molecule has 0 bridgehead atoms. The molecule has 0 saturated carbocycles. The van der Waals surface area contributed by atoms with Gasteiger partial charge in [-0.1, -0.05) is 32.4 Å². The molecular weight excluding hydrogens is 250 g/mol. The Balaban J connectivity index is 0.00000289. The van der Waals surface area contributed by atoms with Gasteiger partial charge in [0.05, 0.1) is 19.3 Å². The Hall–Kier alpha value is -0.770. The Bertz CT molecular complexity index is 371. The number of nitrogens with two attached hydrogens (primary N) is 1. The lowest BCUT2D eigenvalue weighted by atomic mass is 9.91. The van der Waals surface area contributed by atoms with Crippen LogP contribution in [-0.4, -0.2) is 18.3 Å². The highest BCUT2D eigenvalue weighted by atomic mass is 35.5. The van der Waals surface area contributed by atoms with Gasteiger partial charge in [-0.25, -0.2) is 0 Å². The zero-order chi connectivity index (χ0) is 13.0. The number of hydrogen-bond acceptors (Lipinski definition) is 3. The van der Waals surface area contributed by atoms with E-state index in [0.717, 1.165) is 23.3 Å². The molecule has 3 nitrogen and oxygen atoms in total. The largest absolute Gasteiger partial charge is 0.496 e. The first-order valence-corrected chi connectivity index (χ1v) is 6.09. The summed E-state index contributed by atoms with van der Waals surface area (Å²) in [4.78, 5) is 0. The van der Waals surface area contributed by atoms with Gasteiger partial charge in [-0.15, -0.1) is 12.4 Å². The number of halogens is 1. The molecule has 1 aromatic rings. The number of rotatable bonds is 5. The van der Waals surface area contributed by atoms with Crippen LogP contribution in [0.5, 0.6) is 5.75 Å². The lowest BCUT2D eigenvalue weighted by Gasteiger charge is -2.24. The van der Waals surface area contributed by atoms with Crippen LogP contribution in [0.3, 0.4) is 0 Å². The van der Waals surface area contributed by atoms with Crippen LogP contribution in [0.4, 0.5) is 0 Å². The van der Waals surface area contributed by atoms with Crippen molar-refractivity contribution in [3.63, 3.8) is 0 Å². The van der Waals surface area contributed by atoms with Crippen molar-refractivity contribution in [1.29, 1.82) is 0 Å². The van der Waals surface area contributed by atoms with Gasteiger partial charge in [-0.05, 0) is 30.0 Å². The first-order valence-electron chi connectivity index (χ1n) is 6.09. The molecule has 1 rings (SSSR count). The molecule has 3 N–H and O–H groups in total. The van der Waals surface area contributed by atoms with Gasteiger partial charge in [0.2, 0.25) is 0 Å². The summed E-state index contributed by atoms with van der Waals surface area (Å²) in [6, 6.07) is 5.46. The zero-order valence-electron chi connectivity index (χ0n) is 11.5. The number of ether oxygens (including phenoxy) is 1. The Kier molecular flexibility index (Phi) is 7.29. The molecule has 0 aromatic heterocycles. The molecular formula is C14H24ClNO2. The number of aliphatic hydroxyl groups excluding tert-OH is 1. The number of hydrogen-bond donors (Lipinski definition) is 2. The van der Waals surface area contributed by atoms with Gasteiger partial charge in [-0.3, -0.25) is 0 Å².